The number of hydrogen-bond acceptors (Lipinski definition) is 6. The van der Waals surface area contributed by atoms with Crippen LogP contribution in [0.1, 0.15) is 13.3 Å². The highest BCUT2D eigenvalue weighted by atomic mass is 35.5. The Morgan fingerprint density at radius 3 is 2.85 bits per heavy atom. The van der Waals surface area contributed by atoms with Gasteiger partial charge in [0.1, 0.15) is 11.4 Å². The van der Waals surface area contributed by atoms with Crippen molar-refractivity contribution in [3.05, 3.63) is 39.6 Å². The summed E-state index contributed by atoms with van der Waals surface area (Å²) in [6.07, 6.45) is 2.51. The Labute approximate surface area is 165 Å². The molecule has 0 unspecified atom stereocenters. The summed E-state index contributed by atoms with van der Waals surface area (Å²) in [6, 6.07) is 3.94. The zero-order valence-corrected chi connectivity index (χ0v) is 16.8. The highest BCUT2D eigenvalue weighted by molar-refractivity contribution is 7.18. The maximum absolute atomic E-state index is 12.8. The van der Waals surface area contributed by atoms with Crippen LogP contribution in [0.2, 0.25) is 0 Å². The summed E-state index contributed by atoms with van der Waals surface area (Å²) in [6.45, 7) is 4.27. The minimum atomic E-state index is -0.186. The molecular formula is C17H21ClN4O2S2. The van der Waals surface area contributed by atoms with Gasteiger partial charge in [-0.25, -0.2) is 4.98 Å². The Bertz CT molecular complexity index is 905. The molecule has 3 rings (SSSR count). The molecule has 0 atom stereocenters. The summed E-state index contributed by atoms with van der Waals surface area (Å²) in [4.78, 5) is 30.9. The Kier molecular flexibility index (Phi) is 7.77. The van der Waals surface area contributed by atoms with Crippen molar-refractivity contribution in [2.75, 3.05) is 19.6 Å². The van der Waals surface area contributed by atoms with E-state index >= 15 is 0 Å². The van der Waals surface area contributed by atoms with Crippen molar-refractivity contribution in [2.45, 2.75) is 19.9 Å². The Hall–Kier alpha value is -1.74. The average molecular weight is 413 g/mol. The van der Waals surface area contributed by atoms with E-state index in [1.54, 1.807) is 11.3 Å². The molecule has 0 saturated carbocycles. The molecule has 140 valence electrons. The zero-order chi connectivity index (χ0) is 17.6. The van der Waals surface area contributed by atoms with Crippen LogP contribution in [0.4, 0.5) is 0 Å². The normalized spacial score (nSPS) is 10.7. The summed E-state index contributed by atoms with van der Waals surface area (Å²) in [5.41, 5.74) is 0.722. The van der Waals surface area contributed by atoms with Crippen LogP contribution in [0.3, 0.4) is 0 Å². The molecule has 0 bridgehead atoms. The summed E-state index contributed by atoms with van der Waals surface area (Å²) in [5.74, 6) is -0.186. The van der Waals surface area contributed by atoms with Crippen molar-refractivity contribution in [1.82, 2.24) is 20.2 Å². The van der Waals surface area contributed by atoms with E-state index in [0.717, 1.165) is 30.0 Å². The molecule has 0 fully saturated rings. The number of carbonyl (C=O) groups excluding carboxylic acids is 1. The van der Waals surface area contributed by atoms with Crippen LogP contribution >= 0.6 is 35.1 Å². The maximum Gasteiger partial charge on any atom is 0.263 e. The molecule has 0 saturated heterocycles. The standard InChI is InChI=1S/C17H20N4O2S2.ClH/c1-2-5-18-6-7-19-14(22)9-21-11-20-16-15(17(21)23)12(10-25-16)13-4-3-8-24-13;/h3-4,8,10-11,18H,2,5-7,9H2,1H3,(H,19,22);1H. The van der Waals surface area contributed by atoms with Crippen LogP contribution in [-0.2, 0) is 11.3 Å². The maximum atomic E-state index is 12.8. The number of fused-ring (bicyclic) bond motifs is 1. The van der Waals surface area contributed by atoms with Crippen LogP contribution in [0.5, 0.6) is 0 Å². The quantitative estimate of drug-likeness (QED) is 0.558. The van der Waals surface area contributed by atoms with E-state index in [9.17, 15) is 9.59 Å². The van der Waals surface area contributed by atoms with Crippen molar-refractivity contribution in [3.63, 3.8) is 0 Å². The van der Waals surface area contributed by atoms with Gasteiger partial charge in [0.2, 0.25) is 5.91 Å². The van der Waals surface area contributed by atoms with Gasteiger partial charge in [-0.15, -0.1) is 35.1 Å². The van der Waals surface area contributed by atoms with E-state index in [0.29, 0.717) is 16.8 Å². The van der Waals surface area contributed by atoms with E-state index in [1.165, 1.54) is 22.2 Å². The third-order valence-electron chi connectivity index (χ3n) is 3.71. The molecule has 0 aliphatic heterocycles. The first-order valence-corrected chi connectivity index (χ1v) is 9.94. The van der Waals surface area contributed by atoms with Gasteiger partial charge in [-0.05, 0) is 24.4 Å². The number of halogens is 1. The van der Waals surface area contributed by atoms with E-state index in [2.05, 4.69) is 22.5 Å². The van der Waals surface area contributed by atoms with Crippen molar-refractivity contribution in [1.29, 1.82) is 0 Å². The predicted molar refractivity (Wildman–Crippen MR) is 111 cm³/mol. The molecule has 0 spiro atoms. The smallest absolute Gasteiger partial charge is 0.263 e. The lowest BCUT2D eigenvalue weighted by Gasteiger charge is -2.08. The lowest BCUT2D eigenvalue weighted by Crippen LogP contribution is -2.36. The minimum absolute atomic E-state index is 0. The number of carbonyl (C=O) groups is 1. The number of aromatic nitrogens is 2. The van der Waals surface area contributed by atoms with Crippen LogP contribution in [-0.4, -0.2) is 35.1 Å². The Morgan fingerprint density at radius 1 is 1.27 bits per heavy atom. The van der Waals surface area contributed by atoms with Crippen molar-refractivity contribution in [2.24, 2.45) is 0 Å². The van der Waals surface area contributed by atoms with Gasteiger partial charge in [0.25, 0.3) is 5.56 Å². The highest BCUT2D eigenvalue weighted by Gasteiger charge is 2.15. The lowest BCUT2D eigenvalue weighted by atomic mass is 10.2. The first-order valence-electron chi connectivity index (χ1n) is 8.18. The molecule has 0 aliphatic carbocycles. The Balaban J connectivity index is 0.00000243. The van der Waals surface area contributed by atoms with Crippen LogP contribution in [0.25, 0.3) is 20.7 Å². The summed E-state index contributed by atoms with van der Waals surface area (Å²) < 4.78 is 1.38. The third kappa shape index (κ3) is 4.70. The van der Waals surface area contributed by atoms with Gasteiger partial charge in [0.05, 0.1) is 11.7 Å². The van der Waals surface area contributed by atoms with Gasteiger partial charge >= 0.3 is 0 Å². The SMILES string of the molecule is CCCNCCNC(=O)Cn1cnc2scc(-c3cccs3)c2c1=O.Cl. The molecule has 6 nitrogen and oxygen atoms in total. The fraction of sp³-hybridized carbons (Fsp3) is 0.353. The average Bonchev–Trinajstić information content (AvgIpc) is 3.26. The van der Waals surface area contributed by atoms with Gasteiger partial charge in [-0.3, -0.25) is 14.2 Å². The molecule has 0 aromatic carbocycles. The minimum Gasteiger partial charge on any atom is -0.353 e. The number of hydrogen-bond donors (Lipinski definition) is 2. The molecular weight excluding hydrogens is 392 g/mol. The second-order valence-electron chi connectivity index (χ2n) is 5.58. The van der Waals surface area contributed by atoms with Gasteiger partial charge in [-0.2, -0.15) is 0 Å². The molecule has 26 heavy (non-hydrogen) atoms. The highest BCUT2D eigenvalue weighted by Crippen LogP contribution is 2.33. The predicted octanol–water partition coefficient (Wildman–Crippen LogP) is 2.72. The van der Waals surface area contributed by atoms with E-state index in [1.807, 2.05) is 22.9 Å². The summed E-state index contributed by atoms with van der Waals surface area (Å²) in [5, 5.41) is 10.6. The first-order chi connectivity index (χ1) is 12.2. The van der Waals surface area contributed by atoms with E-state index in [4.69, 9.17) is 0 Å². The molecule has 2 N–H and O–H groups in total. The van der Waals surface area contributed by atoms with Crippen molar-refractivity contribution in [3.8, 4) is 10.4 Å². The second-order valence-corrected chi connectivity index (χ2v) is 7.39. The number of nitrogens with one attached hydrogen (secondary N) is 2. The molecule has 1 amide bonds. The fourth-order valence-corrected chi connectivity index (χ4v) is 4.22. The monoisotopic (exact) mass is 412 g/mol. The molecule has 9 heteroatoms. The van der Waals surface area contributed by atoms with Crippen LogP contribution in [0.15, 0.2) is 34.0 Å². The van der Waals surface area contributed by atoms with Gasteiger partial charge in [0.15, 0.2) is 0 Å². The molecule has 3 aromatic rings. The van der Waals surface area contributed by atoms with E-state index in [-0.39, 0.29) is 30.4 Å². The number of rotatable bonds is 8. The van der Waals surface area contributed by atoms with Gasteiger partial charge in [0, 0.05) is 28.9 Å². The zero-order valence-electron chi connectivity index (χ0n) is 14.4. The van der Waals surface area contributed by atoms with Crippen LogP contribution < -0.4 is 16.2 Å². The third-order valence-corrected chi connectivity index (χ3v) is 5.50. The largest absolute Gasteiger partial charge is 0.353 e. The van der Waals surface area contributed by atoms with Crippen molar-refractivity contribution >= 4 is 51.2 Å². The fourth-order valence-electron chi connectivity index (χ4n) is 2.50. The van der Waals surface area contributed by atoms with Crippen molar-refractivity contribution < 1.29 is 4.79 Å². The van der Waals surface area contributed by atoms with E-state index < -0.39 is 0 Å². The molecule has 0 radical (unpaired) electrons. The summed E-state index contributed by atoms with van der Waals surface area (Å²) in [7, 11) is 0. The Morgan fingerprint density at radius 2 is 2.12 bits per heavy atom. The van der Waals surface area contributed by atoms with Gasteiger partial charge < -0.3 is 10.6 Å². The molecule has 3 aromatic heterocycles. The van der Waals surface area contributed by atoms with Gasteiger partial charge in [-0.1, -0.05) is 13.0 Å². The number of nitrogens with zero attached hydrogens (tertiary/aromatic N) is 2. The number of amides is 1. The second kappa shape index (κ2) is 9.82. The summed E-state index contributed by atoms with van der Waals surface area (Å²) >= 11 is 3.03. The number of thiophene rings is 2. The van der Waals surface area contributed by atoms with Crippen LogP contribution in [0, 0.1) is 0 Å². The molecule has 0 aliphatic rings. The topological polar surface area (TPSA) is 76.0 Å². The molecule has 3 heterocycles. The first kappa shape index (κ1) is 20.6. The lowest BCUT2D eigenvalue weighted by molar-refractivity contribution is -0.121.